The van der Waals surface area contributed by atoms with E-state index in [0.29, 0.717) is 5.58 Å². The molecule has 0 aliphatic heterocycles. The molecule has 9 aromatic rings. The van der Waals surface area contributed by atoms with Gasteiger partial charge in [0.25, 0.3) is 0 Å². The van der Waals surface area contributed by atoms with Crippen molar-refractivity contribution in [3.63, 3.8) is 0 Å². The summed E-state index contributed by atoms with van der Waals surface area (Å²) in [5, 5.41) is 10.7. The van der Waals surface area contributed by atoms with Gasteiger partial charge in [0.05, 0.1) is 2.74 Å². The zero-order valence-electron chi connectivity index (χ0n) is 24.1. The minimum absolute atomic E-state index is 0.122. The van der Waals surface area contributed by atoms with Crippen LogP contribution in [0.3, 0.4) is 0 Å². The van der Waals surface area contributed by atoms with E-state index in [2.05, 4.69) is 109 Å². The minimum Gasteiger partial charge on any atom is -0.455 e. The van der Waals surface area contributed by atoms with Crippen LogP contribution in [0.5, 0.6) is 0 Å². The number of hydrogen-bond acceptors (Lipinski definition) is 1. The Kier molecular flexibility index (Phi) is 4.27. The highest BCUT2D eigenvalue weighted by Gasteiger charge is 2.21. The average molecular weight is 523 g/mol. The molecule has 190 valence electrons. The average Bonchev–Trinajstić information content (AvgIpc) is 3.46. The molecule has 0 amide bonds. The van der Waals surface area contributed by atoms with Crippen molar-refractivity contribution in [3.05, 3.63) is 146 Å². The van der Waals surface area contributed by atoms with Crippen LogP contribution in [0.15, 0.2) is 150 Å². The predicted octanol–water partition coefficient (Wildman–Crippen LogP) is 11.5. The fraction of sp³-hybridized carbons (Fsp3) is 0. The molecule has 0 atom stereocenters. The monoisotopic (exact) mass is 522 g/mol. The molecule has 1 heteroatoms. The Morgan fingerprint density at radius 1 is 0.390 bits per heavy atom. The molecule has 0 aliphatic carbocycles. The van der Waals surface area contributed by atoms with E-state index < -0.39 is 0 Å². The molecule has 0 radical (unpaired) electrons. The van der Waals surface area contributed by atoms with Gasteiger partial charge in [0.1, 0.15) is 11.2 Å². The Labute approximate surface area is 239 Å². The molecule has 9 rings (SSSR count). The number of para-hydroxylation sites is 1. The first-order valence-electron chi connectivity index (χ1n) is 15.0. The van der Waals surface area contributed by atoms with Gasteiger partial charge in [-0.15, -0.1) is 0 Å². The van der Waals surface area contributed by atoms with Gasteiger partial charge in [-0.05, 0) is 60.3 Å². The summed E-state index contributed by atoms with van der Waals surface area (Å²) in [6.45, 7) is 0. The second-order valence-corrected chi connectivity index (χ2v) is 10.7. The highest BCUT2D eigenvalue weighted by Crippen LogP contribution is 2.47. The first kappa shape index (κ1) is 20.5. The molecule has 1 heterocycles. The van der Waals surface area contributed by atoms with Crippen molar-refractivity contribution in [3.8, 4) is 22.3 Å². The lowest BCUT2D eigenvalue weighted by Crippen LogP contribution is -1.91. The van der Waals surface area contributed by atoms with Gasteiger partial charge in [0.2, 0.25) is 0 Å². The van der Waals surface area contributed by atoms with E-state index in [1.165, 1.54) is 32.7 Å². The van der Waals surface area contributed by atoms with Crippen LogP contribution >= 0.6 is 0 Å². The van der Waals surface area contributed by atoms with Crippen LogP contribution < -0.4 is 0 Å². The molecule has 1 nitrogen and oxygen atoms in total. The van der Waals surface area contributed by atoms with Crippen LogP contribution in [0, 0.1) is 0 Å². The molecule has 0 fully saturated rings. The summed E-state index contributed by atoms with van der Waals surface area (Å²) in [6, 6.07) is 46.9. The maximum atomic E-state index is 8.85. The van der Waals surface area contributed by atoms with Crippen molar-refractivity contribution in [1.29, 1.82) is 0 Å². The van der Waals surface area contributed by atoms with Crippen LogP contribution in [0.2, 0.25) is 0 Å². The molecule has 8 aromatic carbocycles. The lowest BCUT2D eigenvalue weighted by molar-refractivity contribution is 0.670. The summed E-state index contributed by atoms with van der Waals surface area (Å²) in [5.74, 6) is 0. The molecule has 0 saturated heterocycles. The van der Waals surface area contributed by atoms with Gasteiger partial charge in [-0.3, -0.25) is 0 Å². The summed E-state index contributed by atoms with van der Waals surface area (Å²) in [5.41, 5.74) is 5.75. The second kappa shape index (κ2) is 8.55. The van der Waals surface area contributed by atoms with E-state index in [4.69, 9.17) is 7.16 Å². The highest BCUT2D eigenvalue weighted by molar-refractivity contribution is 6.27. The van der Waals surface area contributed by atoms with E-state index in [9.17, 15) is 0 Å². The van der Waals surface area contributed by atoms with Crippen LogP contribution in [-0.4, -0.2) is 0 Å². The zero-order chi connectivity index (χ0) is 28.7. The number of hydrogen-bond donors (Lipinski definition) is 0. The van der Waals surface area contributed by atoms with Crippen molar-refractivity contribution in [2.45, 2.75) is 0 Å². The van der Waals surface area contributed by atoms with Crippen LogP contribution in [0.1, 0.15) is 2.74 Å². The molecule has 0 unspecified atom stereocenters. The molecule has 41 heavy (non-hydrogen) atoms. The maximum Gasteiger partial charge on any atom is 0.143 e. The quantitative estimate of drug-likeness (QED) is 0.206. The predicted molar refractivity (Wildman–Crippen MR) is 175 cm³/mol. The van der Waals surface area contributed by atoms with Gasteiger partial charge in [-0.1, -0.05) is 140 Å². The zero-order valence-corrected chi connectivity index (χ0v) is 22.1. The van der Waals surface area contributed by atoms with Gasteiger partial charge in [0, 0.05) is 21.9 Å². The minimum atomic E-state index is 0.122. The summed E-state index contributed by atoms with van der Waals surface area (Å²) in [7, 11) is 0. The SMILES string of the molecule is [2H]c1c([2H])c2oc3c(-c4c5ccccc5c(-c5cccc6ccccc56)c5ccccc45)cccc3c2c2ccccc12. The number of rotatable bonds is 2. The summed E-state index contributed by atoms with van der Waals surface area (Å²) >= 11 is 0. The van der Waals surface area contributed by atoms with E-state index in [-0.39, 0.29) is 12.1 Å². The summed E-state index contributed by atoms with van der Waals surface area (Å²) in [4.78, 5) is 0. The Bertz CT molecular complexity index is 2530. The first-order chi connectivity index (χ1) is 21.2. The number of benzene rings is 8. The van der Waals surface area contributed by atoms with Crippen molar-refractivity contribution in [2.75, 3.05) is 0 Å². The molecule has 0 aliphatic rings. The molecule has 0 N–H and O–H groups in total. The van der Waals surface area contributed by atoms with Gasteiger partial charge in [-0.25, -0.2) is 0 Å². The molecular weight excluding hydrogens is 496 g/mol. The van der Waals surface area contributed by atoms with Gasteiger partial charge < -0.3 is 4.42 Å². The molecule has 1 aromatic heterocycles. The lowest BCUT2D eigenvalue weighted by atomic mass is 9.84. The third-order valence-corrected chi connectivity index (χ3v) is 8.48. The first-order valence-corrected chi connectivity index (χ1v) is 14.0. The third-order valence-electron chi connectivity index (χ3n) is 8.48. The van der Waals surface area contributed by atoms with Gasteiger partial charge in [-0.2, -0.15) is 0 Å². The van der Waals surface area contributed by atoms with Crippen molar-refractivity contribution >= 4 is 65.0 Å². The topological polar surface area (TPSA) is 13.1 Å². The Morgan fingerprint density at radius 3 is 1.59 bits per heavy atom. The van der Waals surface area contributed by atoms with Crippen molar-refractivity contribution in [1.82, 2.24) is 0 Å². The van der Waals surface area contributed by atoms with E-state index in [0.717, 1.165) is 49.0 Å². The molecule has 0 saturated carbocycles. The molecule has 0 spiro atoms. The van der Waals surface area contributed by atoms with E-state index in [1.807, 2.05) is 24.3 Å². The van der Waals surface area contributed by atoms with Gasteiger partial charge >= 0.3 is 0 Å². The molecular formula is C40H24O. The Balaban J connectivity index is 1.46. The lowest BCUT2D eigenvalue weighted by Gasteiger charge is -2.18. The van der Waals surface area contributed by atoms with Crippen molar-refractivity contribution in [2.24, 2.45) is 0 Å². The van der Waals surface area contributed by atoms with E-state index >= 15 is 0 Å². The number of furan rings is 1. The highest BCUT2D eigenvalue weighted by atomic mass is 16.3. The van der Waals surface area contributed by atoms with Gasteiger partial charge in [0.15, 0.2) is 0 Å². The largest absolute Gasteiger partial charge is 0.455 e. The van der Waals surface area contributed by atoms with Crippen molar-refractivity contribution < 1.29 is 7.16 Å². The number of fused-ring (bicyclic) bond motifs is 8. The fourth-order valence-electron chi connectivity index (χ4n) is 6.76. The fourth-order valence-corrected chi connectivity index (χ4v) is 6.76. The van der Waals surface area contributed by atoms with E-state index in [1.54, 1.807) is 0 Å². The maximum absolute atomic E-state index is 8.85. The summed E-state index contributed by atoms with van der Waals surface area (Å²) in [6.07, 6.45) is 0. The second-order valence-electron chi connectivity index (χ2n) is 10.7. The third kappa shape index (κ3) is 3.18. The smallest absolute Gasteiger partial charge is 0.143 e. The van der Waals surface area contributed by atoms with Crippen LogP contribution in [-0.2, 0) is 0 Å². The van der Waals surface area contributed by atoms with Crippen LogP contribution in [0.25, 0.3) is 87.3 Å². The summed E-state index contributed by atoms with van der Waals surface area (Å²) < 4.78 is 24.2. The van der Waals surface area contributed by atoms with Crippen LogP contribution in [0.4, 0.5) is 0 Å². The Hall–Kier alpha value is -5.40. The Morgan fingerprint density at radius 2 is 0.878 bits per heavy atom. The normalized spacial score (nSPS) is 12.6. The standard InChI is InChI=1S/C40H24O/c1-3-14-27-25(11-1)13-9-20-29(27)37-30-16-5-7-18-32(30)38(33-19-8-6-17-31(33)37)34-21-10-22-35-39-28-15-4-2-12-26(28)23-24-36(39)41-40(34)35/h1-24H/i23D,24D. The molecule has 0 bridgehead atoms.